The van der Waals surface area contributed by atoms with E-state index in [0.717, 1.165) is 38.3 Å². The summed E-state index contributed by atoms with van der Waals surface area (Å²) in [4.78, 5) is 74.3. The highest BCUT2D eigenvalue weighted by Gasteiger charge is 2.33. The van der Waals surface area contributed by atoms with Crippen LogP contribution in [0.15, 0.2) is 145 Å². The zero-order chi connectivity index (χ0) is 41.8. The maximum atomic E-state index is 14.6. The molecular formula is C49H45N3O7S. The number of aliphatic carboxylic acids is 1. The Bertz CT molecular complexity index is 2390. The van der Waals surface area contributed by atoms with Crippen molar-refractivity contribution < 1.29 is 33.8 Å². The molecule has 0 unspecified atom stereocenters. The number of nitrogens with one attached hydrogen (secondary N) is 2. The number of hydrogen-bond acceptors (Lipinski definition) is 8. The number of carboxylic acids is 1. The van der Waals surface area contributed by atoms with Gasteiger partial charge in [0.05, 0.1) is 12.0 Å². The Morgan fingerprint density at radius 1 is 0.650 bits per heavy atom. The largest absolute Gasteiger partial charge is 0.486 e. The summed E-state index contributed by atoms with van der Waals surface area (Å²) in [5.41, 5.74) is 6.01. The first-order valence-electron chi connectivity index (χ1n) is 19.9. The van der Waals surface area contributed by atoms with Gasteiger partial charge in [-0.05, 0) is 87.9 Å². The van der Waals surface area contributed by atoms with E-state index in [-0.39, 0.29) is 50.9 Å². The molecule has 4 heterocycles. The zero-order valence-electron chi connectivity index (χ0n) is 32.9. The third-order valence-electron chi connectivity index (χ3n) is 10.7. The topological polar surface area (TPSA) is 152 Å². The number of hydrogen-bond donors (Lipinski definition) is 3. The maximum absolute atomic E-state index is 14.6. The number of carboxylic acid groups (broad SMARTS) is 1. The van der Waals surface area contributed by atoms with Gasteiger partial charge in [-0.1, -0.05) is 103 Å². The van der Waals surface area contributed by atoms with Gasteiger partial charge in [0.15, 0.2) is 11.6 Å². The molecule has 0 fully saturated rings. The summed E-state index contributed by atoms with van der Waals surface area (Å²) < 4.78 is 5.79. The standard InChI is InChI=1S/C49H45N3O7S/c53-41-27-39(28-43-9-5-23-60-43)47(55)52-45(26-34-10-16-36(17-11-34)35-6-2-1-3-7-35)48(56)51-44(25-33-12-18-37(19-13-33)38-8-4-22-50-30-38)46(54)29-40(49(57)58)24-32-14-20-42(21-15-32)59-31-41/h1-23,30,39-40,44-45H,24-29,31H2,(H,51,56)(H,52,55)(H,57,58)/t39-,40+,44-,45+/m0/s1. The van der Waals surface area contributed by atoms with Gasteiger partial charge in [0, 0.05) is 42.5 Å². The molecule has 2 amide bonds. The van der Waals surface area contributed by atoms with Crippen molar-refractivity contribution in [3.8, 4) is 28.0 Å². The lowest BCUT2D eigenvalue weighted by Gasteiger charge is -2.26. The van der Waals surface area contributed by atoms with E-state index in [4.69, 9.17) is 4.74 Å². The fraction of sp³-hybridized carbons (Fsp3) is 0.224. The summed E-state index contributed by atoms with van der Waals surface area (Å²) in [5.74, 6) is -4.48. The van der Waals surface area contributed by atoms with Gasteiger partial charge in [-0.2, -0.15) is 0 Å². The first kappa shape index (κ1) is 41.4. The predicted molar refractivity (Wildman–Crippen MR) is 230 cm³/mol. The van der Waals surface area contributed by atoms with Crippen LogP contribution in [0.1, 0.15) is 34.4 Å². The summed E-state index contributed by atoms with van der Waals surface area (Å²) in [6.07, 6.45) is 3.47. The molecule has 2 bridgehead atoms. The van der Waals surface area contributed by atoms with Crippen LogP contribution in [-0.4, -0.2) is 58.1 Å². The van der Waals surface area contributed by atoms with Crippen LogP contribution in [0.3, 0.4) is 0 Å². The number of amides is 2. The van der Waals surface area contributed by atoms with Gasteiger partial charge in [0.1, 0.15) is 18.4 Å². The number of carbonyl (C=O) groups is 5. The highest BCUT2D eigenvalue weighted by molar-refractivity contribution is 7.09. The van der Waals surface area contributed by atoms with Gasteiger partial charge in [-0.3, -0.25) is 29.0 Å². The summed E-state index contributed by atoms with van der Waals surface area (Å²) in [5, 5.41) is 18.1. The van der Waals surface area contributed by atoms with E-state index in [2.05, 4.69) is 15.6 Å². The third kappa shape index (κ3) is 11.3. The molecule has 4 aromatic carbocycles. The quantitative estimate of drug-likeness (QED) is 0.137. The highest BCUT2D eigenvalue weighted by Crippen LogP contribution is 2.24. The Hall–Kier alpha value is -6.72. The molecule has 0 saturated carbocycles. The Labute approximate surface area is 352 Å². The Morgan fingerprint density at radius 3 is 1.92 bits per heavy atom. The lowest BCUT2D eigenvalue weighted by Crippen LogP contribution is -2.54. The van der Waals surface area contributed by atoms with Crippen molar-refractivity contribution in [1.82, 2.24) is 15.6 Å². The molecule has 8 rings (SSSR count). The van der Waals surface area contributed by atoms with Gasteiger partial charge in [-0.15, -0.1) is 11.3 Å². The monoisotopic (exact) mass is 819 g/mol. The Balaban J connectivity index is 1.22. The Morgan fingerprint density at radius 2 is 1.28 bits per heavy atom. The van der Waals surface area contributed by atoms with Crippen LogP contribution in [-0.2, 0) is 49.7 Å². The number of ether oxygens (including phenoxy) is 1. The fourth-order valence-corrected chi connectivity index (χ4v) is 8.17. The maximum Gasteiger partial charge on any atom is 0.307 e. The van der Waals surface area contributed by atoms with Crippen LogP contribution in [0.2, 0.25) is 0 Å². The van der Waals surface area contributed by atoms with E-state index in [1.165, 1.54) is 11.3 Å². The van der Waals surface area contributed by atoms with Gasteiger partial charge in [-0.25, -0.2) is 0 Å². The molecule has 3 N–H and O–H groups in total. The number of aromatic nitrogens is 1. The number of fused-ring (bicyclic) bond motifs is 16. The van der Waals surface area contributed by atoms with Crippen LogP contribution < -0.4 is 15.4 Å². The smallest absolute Gasteiger partial charge is 0.307 e. The second-order valence-corrected chi connectivity index (χ2v) is 16.1. The van der Waals surface area contributed by atoms with Crippen molar-refractivity contribution >= 4 is 40.7 Å². The molecule has 2 aliphatic heterocycles. The molecule has 2 aromatic heterocycles. The minimum absolute atomic E-state index is 0.0584. The van der Waals surface area contributed by atoms with Crippen molar-refractivity contribution in [2.75, 3.05) is 6.61 Å². The first-order chi connectivity index (χ1) is 29.2. The molecule has 11 heteroatoms. The van der Waals surface area contributed by atoms with Gasteiger partial charge >= 0.3 is 5.97 Å². The summed E-state index contributed by atoms with van der Waals surface area (Å²) in [7, 11) is 0. The molecule has 0 spiro atoms. The number of nitrogens with zero attached hydrogens (tertiary/aromatic N) is 1. The first-order valence-corrected chi connectivity index (χ1v) is 20.8. The van der Waals surface area contributed by atoms with Crippen molar-refractivity contribution in [3.63, 3.8) is 0 Å². The van der Waals surface area contributed by atoms with Gasteiger partial charge < -0.3 is 20.5 Å². The fourth-order valence-electron chi connectivity index (χ4n) is 7.38. The number of Topliss-reactive ketones (excluding diaryl/α,β-unsaturated/α-hetero) is 2. The van der Waals surface area contributed by atoms with E-state index in [0.29, 0.717) is 11.3 Å². The Kier molecular flexibility index (Phi) is 13.7. The van der Waals surface area contributed by atoms with Crippen molar-refractivity contribution in [2.24, 2.45) is 11.8 Å². The number of benzene rings is 4. The normalized spacial score (nSPS) is 19.3. The minimum Gasteiger partial charge on any atom is -0.486 e. The van der Waals surface area contributed by atoms with E-state index in [1.54, 1.807) is 36.7 Å². The molecule has 0 saturated heterocycles. The molecule has 2 aliphatic rings. The molecule has 304 valence electrons. The average Bonchev–Trinajstić information content (AvgIpc) is 3.79. The molecule has 0 aliphatic carbocycles. The average molecular weight is 820 g/mol. The number of thiophene rings is 1. The molecule has 10 nitrogen and oxygen atoms in total. The van der Waals surface area contributed by atoms with E-state index >= 15 is 0 Å². The van der Waals surface area contributed by atoms with Gasteiger partial charge in [0.25, 0.3) is 0 Å². The summed E-state index contributed by atoms with van der Waals surface area (Å²) in [6, 6.07) is 37.1. The second-order valence-electron chi connectivity index (χ2n) is 15.1. The van der Waals surface area contributed by atoms with E-state index < -0.39 is 47.5 Å². The zero-order valence-corrected chi connectivity index (χ0v) is 33.7. The van der Waals surface area contributed by atoms with E-state index in [1.807, 2.05) is 109 Å². The van der Waals surface area contributed by atoms with Crippen LogP contribution in [0, 0.1) is 11.8 Å². The van der Waals surface area contributed by atoms with Crippen LogP contribution in [0.5, 0.6) is 5.75 Å². The molecule has 6 aromatic rings. The van der Waals surface area contributed by atoms with Gasteiger partial charge in [0.2, 0.25) is 11.8 Å². The lowest BCUT2D eigenvalue weighted by molar-refractivity contribution is -0.144. The molecule has 4 atom stereocenters. The molecular weight excluding hydrogens is 775 g/mol. The molecule has 0 radical (unpaired) electrons. The lowest BCUT2D eigenvalue weighted by atomic mass is 9.90. The predicted octanol–water partition coefficient (Wildman–Crippen LogP) is 7.35. The summed E-state index contributed by atoms with van der Waals surface area (Å²) in [6.45, 7) is -0.275. The molecule has 60 heavy (non-hydrogen) atoms. The summed E-state index contributed by atoms with van der Waals surface area (Å²) >= 11 is 1.47. The van der Waals surface area contributed by atoms with Crippen molar-refractivity contribution in [2.45, 2.75) is 50.6 Å². The number of rotatable bonds is 9. The number of carbonyl (C=O) groups excluding carboxylic acids is 4. The second kappa shape index (κ2) is 19.8. The van der Waals surface area contributed by atoms with Crippen LogP contribution in [0.4, 0.5) is 0 Å². The minimum atomic E-state index is -1.15. The van der Waals surface area contributed by atoms with Crippen molar-refractivity contribution in [1.29, 1.82) is 0 Å². The third-order valence-corrected chi connectivity index (χ3v) is 11.6. The highest BCUT2D eigenvalue weighted by atomic mass is 32.1. The van der Waals surface area contributed by atoms with Crippen molar-refractivity contribution in [3.05, 3.63) is 167 Å². The van der Waals surface area contributed by atoms with Crippen LogP contribution in [0.25, 0.3) is 22.3 Å². The number of ketones is 2. The van der Waals surface area contributed by atoms with Crippen LogP contribution >= 0.6 is 11.3 Å². The van der Waals surface area contributed by atoms with E-state index in [9.17, 15) is 29.1 Å². The SMILES string of the molecule is O=C1COc2ccc(cc2)C[C@@H](C(=O)O)CC(=O)[C@H](Cc2ccc(-c3cccnc3)cc2)NC(=O)[C@@H](Cc2ccc(-c3ccccc3)cc2)NC(=O)[C@H](Cc2cccs2)C1. The number of pyridine rings is 1.